The Morgan fingerprint density at radius 1 is 1.42 bits per heavy atom. The van der Waals surface area contributed by atoms with Gasteiger partial charge >= 0.3 is 0 Å². The Labute approximate surface area is 74.2 Å². The fraction of sp³-hybridized carbons (Fsp3) is 0.800. The van der Waals surface area contributed by atoms with Gasteiger partial charge in [-0.2, -0.15) is 0 Å². The van der Waals surface area contributed by atoms with Crippen molar-refractivity contribution in [2.75, 3.05) is 6.61 Å². The van der Waals surface area contributed by atoms with Gasteiger partial charge in [-0.3, -0.25) is 0 Å². The van der Waals surface area contributed by atoms with Crippen molar-refractivity contribution in [3.63, 3.8) is 0 Å². The molecule has 0 aromatic heterocycles. The zero-order valence-electron chi connectivity index (χ0n) is 7.70. The monoisotopic (exact) mass is 170 g/mol. The second kappa shape index (κ2) is 5.33. The third-order valence-electron chi connectivity index (χ3n) is 2.12. The van der Waals surface area contributed by atoms with Crippen molar-refractivity contribution in [2.45, 2.75) is 44.8 Å². The molecule has 0 aromatic rings. The quantitative estimate of drug-likeness (QED) is 0.515. The molecular formula is C10H18O2. The highest BCUT2D eigenvalue weighted by atomic mass is 16.5. The van der Waals surface area contributed by atoms with Gasteiger partial charge in [-0.05, 0) is 6.42 Å². The predicted octanol–water partition coefficient (Wildman–Crippen LogP) is 1.88. The normalized spacial score (nSPS) is 29.2. The SMILES string of the molecule is CCCCCC1C=CC(O)CO1. The van der Waals surface area contributed by atoms with Gasteiger partial charge < -0.3 is 9.84 Å². The number of rotatable bonds is 4. The lowest BCUT2D eigenvalue weighted by atomic mass is 10.1. The second-order valence-electron chi connectivity index (χ2n) is 3.32. The van der Waals surface area contributed by atoms with E-state index in [1.807, 2.05) is 12.2 Å². The number of hydrogen-bond donors (Lipinski definition) is 1. The summed E-state index contributed by atoms with van der Waals surface area (Å²) in [6.45, 7) is 2.66. The van der Waals surface area contributed by atoms with Crippen LogP contribution in [0, 0.1) is 0 Å². The van der Waals surface area contributed by atoms with Gasteiger partial charge in [0.05, 0.1) is 18.8 Å². The van der Waals surface area contributed by atoms with Crippen molar-refractivity contribution < 1.29 is 9.84 Å². The van der Waals surface area contributed by atoms with E-state index in [-0.39, 0.29) is 12.2 Å². The molecule has 0 spiro atoms. The zero-order valence-corrected chi connectivity index (χ0v) is 7.70. The lowest BCUT2D eigenvalue weighted by Gasteiger charge is -2.20. The van der Waals surface area contributed by atoms with E-state index in [2.05, 4.69) is 6.92 Å². The molecule has 70 valence electrons. The molecule has 12 heavy (non-hydrogen) atoms. The summed E-state index contributed by atoms with van der Waals surface area (Å²) in [6.07, 6.45) is 8.52. The molecule has 2 heteroatoms. The van der Waals surface area contributed by atoms with E-state index in [0.29, 0.717) is 6.61 Å². The summed E-state index contributed by atoms with van der Waals surface area (Å²) < 4.78 is 5.40. The first kappa shape index (κ1) is 9.75. The molecule has 0 bridgehead atoms. The molecule has 1 aliphatic rings. The molecule has 1 rings (SSSR count). The molecule has 2 atom stereocenters. The number of unbranched alkanes of at least 4 members (excludes halogenated alkanes) is 2. The standard InChI is InChI=1S/C10H18O2/c1-2-3-4-5-10-7-6-9(11)8-12-10/h6-7,9-11H,2-5,8H2,1H3. The van der Waals surface area contributed by atoms with Crippen LogP contribution in [0.5, 0.6) is 0 Å². The van der Waals surface area contributed by atoms with E-state index < -0.39 is 0 Å². The van der Waals surface area contributed by atoms with Crippen LogP contribution in [0.2, 0.25) is 0 Å². The summed E-state index contributed by atoms with van der Waals surface area (Å²) in [7, 11) is 0. The summed E-state index contributed by atoms with van der Waals surface area (Å²) in [5.74, 6) is 0. The molecule has 0 saturated carbocycles. The molecule has 0 aliphatic carbocycles. The maximum atomic E-state index is 9.09. The summed E-state index contributed by atoms with van der Waals surface area (Å²) in [5.41, 5.74) is 0. The molecule has 0 aromatic carbocycles. The van der Waals surface area contributed by atoms with Crippen molar-refractivity contribution in [1.82, 2.24) is 0 Å². The van der Waals surface area contributed by atoms with Crippen molar-refractivity contribution >= 4 is 0 Å². The number of aliphatic hydroxyl groups is 1. The Bertz CT molecular complexity index is 143. The molecule has 0 fully saturated rings. The maximum absolute atomic E-state index is 9.09. The van der Waals surface area contributed by atoms with Gasteiger partial charge in [0.25, 0.3) is 0 Å². The van der Waals surface area contributed by atoms with Crippen LogP contribution >= 0.6 is 0 Å². The number of hydrogen-bond acceptors (Lipinski definition) is 2. The maximum Gasteiger partial charge on any atom is 0.0955 e. The number of aliphatic hydroxyl groups excluding tert-OH is 1. The number of ether oxygens (including phenoxy) is 1. The van der Waals surface area contributed by atoms with Gasteiger partial charge in [-0.15, -0.1) is 0 Å². The third-order valence-corrected chi connectivity index (χ3v) is 2.12. The fourth-order valence-electron chi connectivity index (χ4n) is 1.36. The molecule has 2 unspecified atom stereocenters. The molecule has 0 amide bonds. The van der Waals surface area contributed by atoms with Crippen LogP contribution in [-0.2, 0) is 4.74 Å². The average molecular weight is 170 g/mol. The van der Waals surface area contributed by atoms with E-state index in [1.165, 1.54) is 19.3 Å². The molecule has 1 N–H and O–H groups in total. The van der Waals surface area contributed by atoms with Crippen molar-refractivity contribution in [3.05, 3.63) is 12.2 Å². The van der Waals surface area contributed by atoms with E-state index in [9.17, 15) is 0 Å². The highest BCUT2D eigenvalue weighted by Crippen LogP contribution is 2.12. The lowest BCUT2D eigenvalue weighted by Crippen LogP contribution is -2.24. The second-order valence-corrected chi connectivity index (χ2v) is 3.32. The first-order chi connectivity index (χ1) is 5.83. The van der Waals surface area contributed by atoms with Crippen LogP contribution < -0.4 is 0 Å². The smallest absolute Gasteiger partial charge is 0.0955 e. The van der Waals surface area contributed by atoms with Gasteiger partial charge in [0.1, 0.15) is 0 Å². The molecule has 2 nitrogen and oxygen atoms in total. The lowest BCUT2D eigenvalue weighted by molar-refractivity contribution is 0.0111. The summed E-state index contributed by atoms with van der Waals surface area (Å²) in [6, 6.07) is 0. The van der Waals surface area contributed by atoms with Gasteiger partial charge in [0, 0.05) is 0 Å². The first-order valence-electron chi connectivity index (χ1n) is 4.81. The van der Waals surface area contributed by atoms with Crippen molar-refractivity contribution in [2.24, 2.45) is 0 Å². The van der Waals surface area contributed by atoms with E-state index >= 15 is 0 Å². The van der Waals surface area contributed by atoms with Gasteiger partial charge in [0.15, 0.2) is 0 Å². The van der Waals surface area contributed by atoms with Crippen LogP contribution in [0.25, 0.3) is 0 Å². The fourth-order valence-corrected chi connectivity index (χ4v) is 1.36. The summed E-state index contributed by atoms with van der Waals surface area (Å²) in [5, 5.41) is 9.09. The van der Waals surface area contributed by atoms with Crippen molar-refractivity contribution in [1.29, 1.82) is 0 Å². The van der Waals surface area contributed by atoms with E-state index in [4.69, 9.17) is 9.84 Å². The van der Waals surface area contributed by atoms with Gasteiger partial charge in [-0.25, -0.2) is 0 Å². The highest BCUT2D eigenvalue weighted by molar-refractivity contribution is 4.98. The van der Waals surface area contributed by atoms with Gasteiger partial charge in [-0.1, -0.05) is 38.3 Å². The summed E-state index contributed by atoms with van der Waals surface area (Å²) in [4.78, 5) is 0. The third kappa shape index (κ3) is 3.37. The van der Waals surface area contributed by atoms with Crippen LogP contribution in [0.3, 0.4) is 0 Å². The molecule has 0 radical (unpaired) electrons. The molecular weight excluding hydrogens is 152 g/mol. The summed E-state index contributed by atoms with van der Waals surface area (Å²) >= 11 is 0. The minimum absolute atomic E-state index is 0.250. The van der Waals surface area contributed by atoms with Crippen LogP contribution in [0.15, 0.2) is 12.2 Å². The largest absolute Gasteiger partial charge is 0.387 e. The molecule has 1 heterocycles. The van der Waals surface area contributed by atoms with Crippen molar-refractivity contribution in [3.8, 4) is 0 Å². The highest BCUT2D eigenvalue weighted by Gasteiger charge is 2.12. The topological polar surface area (TPSA) is 29.5 Å². The van der Waals surface area contributed by atoms with Gasteiger partial charge in [0.2, 0.25) is 0 Å². The van der Waals surface area contributed by atoms with E-state index in [1.54, 1.807) is 0 Å². The average Bonchev–Trinajstić information content (AvgIpc) is 2.09. The zero-order chi connectivity index (χ0) is 8.81. The Balaban J connectivity index is 2.13. The Morgan fingerprint density at radius 2 is 2.25 bits per heavy atom. The van der Waals surface area contributed by atoms with Crippen LogP contribution in [0.4, 0.5) is 0 Å². The Morgan fingerprint density at radius 3 is 2.83 bits per heavy atom. The molecule has 0 saturated heterocycles. The van der Waals surface area contributed by atoms with Crippen LogP contribution in [0.1, 0.15) is 32.6 Å². The minimum atomic E-state index is -0.382. The van der Waals surface area contributed by atoms with E-state index in [0.717, 1.165) is 6.42 Å². The Hall–Kier alpha value is -0.340. The minimum Gasteiger partial charge on any atom is -0.387 e. The molecule has 1 aliphatic heterocycles. The predicted molar refractivity (Wildman–Crippen MR) is 49.0 cm³/mol. The Kier molecular flexibility index (Phi) is 4.33. The van der Waals surface area contributed by atoms with Crippen LogP contribution in [-0.4, -0.2) is 23.9 Å². The first-order valence-corrected chi connectivity index (χ1v) is 4.81.